The fourth-order valence-electron chi connectivity index (χ4n) is 1.74. The molecular weight excluding hydrogens is 244 g/mol. The van der Waals surface area contributed by atoms with Gasteiger partial charge in [0.2, 0.25) is 0 Å². The monoisotopic (exact) mass is 264 g/mol. The first-order valence-electron chi connectivity index (χ1n) is 6.59. The number of unbranched alkanes of at least 4 members (excludes halogenated alkanes) is 2. The molecule has 0 bridgehead atoms. The maximum atomic E-state index is 11.8. The van der Waals surface area contributed by atoms with E-state index < -0.39 is 11.9 Å². The first-order valence-corrected chi connectivity index (χ1v) is 6.59. The Morgan fingerprint density at radius 2 is 1.74 bits per heavy atom. The second-order valence-corrected chi connectivity index (χ2v) is 4.59. The molecule has 1 aromatic rings. The number of hydrogen-bond acceptors (Lipinski definition) is 3. The van der Waals surface area contributed by atoms with E-state index in [-0.39, 0.29) is 11.7 Å². The molecule has 4 heteroatoms. The van der Waals surface area contributed by atoms with Crippen LogP contribution in [0.2, 0.25) is 0 Å². The number of hydrogen-bond donors (Lipinski definition) is 1. The molecule has 1 aromatic carbocycles. The highest BCUT2D eigenvalue weighted by molar-refractivity contribution is 5.92. The third-order valence-electron chi connectivity index (χ3n) is 2.89. The Balaban J connectivity index is 2.51. The van der Waals surface area contributed by atoms with Gasteiger partial charge in [0.05, 0.1) is 17.2 Å². The van der Waals surface area contributed by atoms with Crippen molar-refractivity contribution in [3.63, 3.8) is 0 Å². The number of carbonyl (C=O) groups is 2. The average molecular weight is 264 g/mol. The number of rotatable bonds is 7. The van der Waals surface area contributed by atoms with Gasteiger partial charge < -0.3 is 9.84 Å². The smallest absolute Gasteiger partial charge is 0.338 e. The van der Waals surface area contributed by atoms with Gasteiger partial charge in [0.25, 0.3) is 0 Å². The molecule has 104 valence electrons. The van der Waals surface area contributed by atoms with Gasteiger partial charge in [-0.05, 0) is 44.0 Å². The lowest BCUT2D eigenvalue weighted by Gasteiger charge is -2.13. The van der Waals surface area contributed by atoms with Crippen LogP contribution in [0, 0.1) is 0 Å². The summed E-state index contributed by atoms with van der Waals surface area (Å²) in [5.41, 5.74) is 0.542. The van der Waals surface area contributed by atoms with Crippen molar-refractivity contribution >= 4 is 11.9 Å². The van der Waals surface area contributed by atoms with E-state index >= 15 is 0 Å². The van der Waals surface area contributed by atoms with Crippen LogP contribution in [0.15, 0.2) is 24.3 Å². The van der Waals surface area contributed by atoms with Crippen molar-refractivity contribution in [2.45, 2.75) is 45.6 Å². The highest BCUT2D eigenvalue weighted by atomic mass is 16.5. The molecule has 1 N–H and O–H groups in total. The van der Waals surface area contributed by atoms with E-state index in [4.69, 9.17) is 9.84 Å². The maximum Gasteiger partial charge on any atom is 0.338 e. The third kappa shape index (κ3) is 5.12. The van der Waals surface area contributed by atoms with E-state index in [9.17, 15) is 9.59 Å². The Morgan fingerprint density at radius 1 is 1.16 bits per heavy atom. The van der Waals surface area contributed by atoms with Gasteiger partial charge in [-0.3, -0.25) is 0 Å². The number of carboxylic acid groups (broad SMARTS) is 1. The van der Waals surface area contributed by atoms with Crippen LogP contribution in [-0.4, -0.2) is 23.1 Å². The Morgan fingerprint density at radius 3 is 2.26 bits per heavy atom. The van der Waals surface area contributed by atoms with Crippen LogP contribution in [0.1, 0.15) is 60.2 Å². The lowest BCUT2D eigenvalue weighted by Crippen LogP contribution is -2.15. The summed E-state index contributed by atoms with van der Waals surface area (Å²) in [5.74, 6) is -1.41. The molecule has 0 radical (unpaired) electrons. The Bertz CT molecular complexity index is 422. The Kier molecular flexibility index (Phi) is 6.06. The molecule has 0 aliphatic rings. The summed E-state index contributed by atoms with van der Waals surface area (Å²) in [5, 5.41) is 8.76. The van der Waals surface area contributed by atoms with E-state index in [1.807, 2.05) is 6.92 Å². The summed E-state index contributed by atoms with van der Waals surface area (Å²) in [7, 11) is 0. The van der Waals surface area contributed by atoms with E-state index in [0.29, 0.717) is 5.56 Å². The first-order chi connectivity index (χ1) is 9.04. The molecule has 0 amide bonds. The molecule has 0 saturated heterocycles. The second-order valence-electron chi connectivity index (χ2n) is 4.59. The largest absolute Gasteiger partial charge is 0.478 e. The van der Waals surface area contributed by atoms with Gasteiger partial charge in [0, 0.05) is 0 Å². The lowest BCUT2D eigenvalue weighted by atomic mass is 10.1. The molecule has 0 heterocycles. The lowest BCUT2D eigenvalue weighted by molar-refractivity contribution is 0.0319. The predicted octanol–water partition coefficient (Wildman–Crippen LogP) is 3.51. The minimum Gasteiger partial charge on any atom is -0.478 e. The van der Waals surface area contributed by atoms with Crippen LogP contribution in [0.3, 0.4) is 0 Å². The molecule has 0 fully saturated rings. The number of carbonyl (C=O) groups excluding carboxylic acids is 1. The van der Waals surface area contributed by atoms with Crippen LogP contribution in [0.25, 0.3) is 0 Å². The molecule has 0 saturated carbocycles. The number of esters is 1. The number of carboxylic acids is 1. The SMILES string of the molecule is CCCCCC(C)OC(=O)c1ccc(C(=O)O)cc1. The van der Waals surface area contributed by atoms with Gasteiger partial charge in [0.1, 0.15) is 0 Å². The normalized spacial score (nSPS) is 11.9. The van der Waals surface area contributed by atoms with E-state index in [2.05, 4.69) is 6.92 Å². The first kappa shape index (κ1) is 15.2. The van der Waals surface area contributed by atoms with Crippen molar-refractivity contribution in [1.82, 2.24) is 0 Å². The zero-order valence-corrected chi connectivity index (χ0v) is 11.4. The molecule has 1 atom stereocenters. The molecule has 1 unspecified atom stereocenters. The van der Waals surface area contributed by atoms with E-state index in [1.165, 1.54) is 24.3 Å². The fraction of sp³-hybridized carbons (Fsp3) is 0.467. The van der Waals surface area contributed by atoms with Gasteiger partial charge >= 0.3 is 11.9 Å². The van der Waals surface area contributed by atoms with Crippen LogP contribution in [0.4, 0.5) is 0 Å². The predicted molar refractivity (Wildman–Crippen MR) is 72.4 cm³/mol. The van der Waals surface area contributed by atoms with Crippen LogP contribution < -0.4 is 0 Å². The summed E-state index contributed by atoms with van der Waals surface area (Å²) in [6.45, 7) is 4.00. The van der Waals surface area contributed by atoms with Crippen LogP contribution in [0.5, 0.6) is 0 Å². The summed E-state index contributed by atoms with van der Waals surface area (Å²) in [4.78, 5) is 22.5. The summed E-state index contributed by atoms with van der Waals surface area (Å²) in [6.07, 6.45) is 4.06. The average Bonchev–Trinajstić information content (AvgIpc) is 2.39. The minimum absolute atomic E-state index is 0.113. The minimum atomic E-state index is -1.01. The van der Waals surface area contributed by atoms with Crippen LogP contribution >= 0.6 is 0 Å². The Hall–Kier alpha value is -1.84. The number of aromatic carboxylic acids is 1. The molecule has 0 aliphatic heterocycles. The van der Waals surface area contributed by atoms with Gasteiger partial charge in [-0.15, -0.1) is 0 Å². The molecule has 1 rings (SSSR count). The zero-order valence-electron chi connectivity index (χ0n) is 11.4. The van der Waals surface area contributed by atoms with E-state index in [1.54, 1.807) is 0 Å². The zero-order chi connectivity index (χ0) is 14.3. The number of ether oxygens (including phenoxy) is 1. The van der Waals surface area contributed by atoms with Crippen molar-refractivity contribution in [2.75, 3.05) is 0 Å². The molecule has 0 spiro atoms. The van der Waals surface area contributed by atoms with Crippen molar-refractivity contribution in [2.24, 2.45) is 0 Å². The summed E-state index contributed by atoms with van der Waals surface area (Å²) >= 11 is 0. The van der Waals surface area contributed by atoms with Crippen molar-refractivity contribution in [3.05, 3.63) is 35.4 Å². The molecular formula is C15H20O4. The highest BCUT2D eigenvalue weighted by Crippen LogP contribution is 2.11. The van der Waals surface area contributed by atoms with Gasteiger partial charge in [-0.1, -0.05) is 19.8 Å². The quantitative estimate of drug-likeness (QED) is 0.604. The van der Waals surface area contributed by atoms with Crippen molar-refractivity contribution < 1.29 is 19.4 Å². The highest BCUT2D eigenvalue weighted by Gasteiger charge is 2.12. The second kappa shape index (κ2) is 7.56. The number of benzene rings is 1. The van der Waals surface area contributed by atoms with Crippen molar-refractivity contribution in [3.8, 4) is 0 Å². The maximum absolute atomic E-state index is 11.8. The Labute approximate surface area is 113 Å². The van der Waals surface area contributed by atoms with Crippen molar-refractivity contribution in [1.29, 1.82) is 0 Å². The topological polar surface area (TPSA) is 63.6 Å². The van der Waals surface area contributed by atoms with E-state index in [0.717, 1.165) is 25.7 Å². The van der Waals surface area contributed by atoms with Gasteiger partial charge in [0.15, 0.2) is 0 Å². The van der Waals surface area contributed by atoms with Gasteiger partial charge in [-0.25, -0.2) is 9.59 Å². The standard InChI is InChI=1S/C15H20O4/c1-3-4-5-6-11(2)19-15(18)13-9-7-12(8-10-13)14(16)17/h7-11H,3-6H2,1-2H3,(H,16,17). The molecule has 0 aromatic heterocycles. The molecule has 4 nitrogen and oxygen atoms in total. The summed E-state index contributed by atoms with van der Waals surface area (Å²) in [6, 6.07) is 5.76. The summed E-state index contributed by atoms with van der Waals surface area (Å²) < 4.78 is 5.30. The van der Waals surface area contributed by atoms with Gasteiger partial charge in [-0.2, -0.15) is 0 Å². The van der Waals surface area contributed by atoms with Crippen LogP contribution in [-0.2, 0) is 4.74 Å². The fourth-order valence-corrected chi connectivity index (χ4v) is 1.74. The molecule has 0 aliphatic carbocycles. The third-order valence-corrected chi connectivity index (χ3v) is 2.89. The molecule has 19 heavy (non-hydrogen) atoms.